The lowest BCUT2D eigenvalue weighted by molar-refractivity contribution is -0.307. The third kappa shape index (κ3) is 9.15. The summed E-state index contributed by atoms with van der Waals surface area (Å²) in [6.07, 6.45) is -4.28. The Balaban J connectivity index is 2.35. The van der Waals surface area contributed by atoms with Crippen molar-refractivity contribution < 1.29 is 49.6 Å². The molecule has 0 aromatic heterocycles. The van der Waals surface area contributed by atoms with Crippen LogP contribution in [-0.4, -0.2) is 110 Å². The molecule has 2 rings (SSSR count). The second-order valence-corrected chi connectivity index (χ2v) is 11.2. The highest BCUT2D eigenvalue weighted by atomic mass is 16.7. The van der Waals surface area contributed by atoms with E-state index in [1.54, 1.807) is 33.8 Å². The molecule has 9 N–H and O–H groups in total. The standard InChI is InChI=1S/C27H50N2O10/c1-6-8-9-17(38-26-24(34)22(28)23(33)15(5)37-26)10-20-21(25(35)29-16(7-2)13-30)19(32)12-27(36,39-20)11-18(31)14(3)4/h8-9,14-24,26,30-34,36H,6-7,10-13,28H2,1-5H3,(H,29,35)/b9-8+/t15?,16-,17-,18+,19-,20-,21+,22?,23?,24?,26?,27+/m0/s1. The Morgan fingerprint density at radius 3 is 2.46 bits per heavy atom. The monoisotopic (exact) mass is 562 g/mol. The van der Waals surface area contributed by atoms with Gasteiger partial charge in [-0.2, -0.15) is 0 Å². The Kier molecular flexibility index (Phi) is 13.2. The average molecular weight is 563 g/mol. The van der Waals surface area contributed by atoms with Gasteiger partial charge in [0.05, 0.1) is 61.2 Å². The van der Waals surface area contributed by atoms with Gasteiger partial charge in [-0.25, -0.2) is 0 Å². The fourth-order valence-electron chi connectivity index (χ4n) is 4.96. The summed E-state index contributed by atoms with van der Waals surface area (Å²) in [5.41, 5.74) is 5.96. The minimum absolute atomic E-state index is 0.0274. The maximum Gasteiger partial charge on any atom is 0.228 e. The Hall–Kier alpha value is -1.19. The van der Waals surface area contributed by atoms with Gasteiger partial charge >= 0.3 is 0 Å². The highest BCUT2D eigenvalue weighted by Crippen LogP contribution is 2.38. The first-order valence-corrected chi connectivity index (χ1v) is 14.0. The van der Waals surface area contributed by atoms with E-state index >= 15 is 0 Å². The summed E-state index contributed by atoms with van der Waals surface area (Å²) in [5.74, 6) is -3.76. The fraction of sp³-hybridized carbons (Fsp3) is 0.889. The molecule has 0 radical (unpaired) electrons. The summed E-state index contributed by atoms with van der Waals surface area (Å²) in [6, 6.07) is -1.53. The van der Waals surface area contributed by atoms with Gasteiger partial charge in [-0.15, -0.1) is 0 Å². The molecule has 0 bridgehead atoms. The van der Waals surface area contributed by atoms with Gasteiger partial charge in [0.25, 0.3) is 0 Å². The molecular weight excluding hydrogens is 512 g/mol. The average Bonchev–Trinajstić information content (AvgIpc) is 2.86. The van der Waals surface area contributed by atoms with Gasteiger partial charge in [0, 0.05) is 19.3 Å². The zero-order chi connectivity index (χ0) is 29.5. The smallest absolute Gasteiger partial charge is 0.228 e. The van der Waals surface area contributed by atoms with Crippen molar-refractivity contribution in [2.24, 2.45) is 17.6 Å². The van der Waals surface area contributed by atoms with Crippen LogP contribution in [-0.2, 0) is 19.0 Å². The van der Waals surface area contributed by atoms with Gasteiger partial charge in [-0.3, -0.25) is 4.79 Å². The van der Waals surface area contributed by atoms with Crippen molar-refractivity contribution >= 4 is 5.91 Å². The SMILES string of the molecule is CC/C=C/[C@@H](C[C@@H]1O[C@](O)(C[C@@H](O)C(C)C)C[C@H](O)[C@H]1C(=O)N[C@@H](CC)CO)OC1OC(C)C(O)C(N)C1O. The van der Waals surface area contributed by atoms with E-state index in [2.05, 4.69) is 5.32 Å². The number of rotatable bonds is 13. The molecule has 0 spiro atoms. The highest BCUT2D eigenvalue weighted by molar-refractivity contribution is 5.80. The zero-order valence-corrected chi connectivity index (χ0v) is 23.7. The lowest BCUT2D eigenvalue weighted by atomic mass is 9.81. The van der Waals surface area contributed by atoms with E-state index in [4.69, 9.17) is 19.9 Å². The van der Waals surface area contributed by atoms with E-state index in [0.717, 1.165) is 0 Å². The third-order valence-electron chi connectivity index (χ3n) is 7.63. The van der Waals surface area contributed by atoms with Crippen LogP contribution in [0, 0.1) is 11.8 Å². The van der Waals surface area contributed by atoms with Gasteiger partial charge < -0.3 is 55.9 Å². The van der Waals surface area contributed by atoms with Crippen LogP contribution in [0.4, 0.5) is 0 Å². The minimum atomic E-state index is -1.91. The molecule has 12 atom stereocenters. The van der Waals surface area contributed by atoms with E-state index in [1.165, 1.54) is 0 Å². The summed E-state index contributed by atoms with van der Waals surface area (Å²) in [4.78, 5) is 13.3. The van der Waals surface area contributed by atoms with Crippen molar-refractivity contribution in [1.29, 1.82) is 0 Å². The maximum atomic E-state index is 13.3. The molecule has 0 aromatic carbocycles. The summed E-state index contributed by atoms with van der Waals surface area (Å²) in [5, 5.41) is 65.9. The maximum absolute atomic E-state index is 13.3. The first-order chi connectivity index (χ1) is 18.3. The number of hydrogen-bond donors (Lipinski definition) is 8. The molecular formula is C27H50N2O10. The lowest BCUT2D eigenvalue weighted by Gasteiger charge is -2.46. The van der Waals surface area contributed by atoms with Gasteiger partial charge in [-0.1, -0.05) is 39.8 Å². The van der Waals surface area contributed by atoms with Crippen molar-refractivity contribution in [3.8, 4) is 0 Å². The summed E-state index contributed by atoms with van der Waals surface area (Å²) in [7, 11) is 0. The highest BCUT2D eigenvalue weighted by Gasteiger charge is 2.50. The molecule has 0 aromatic rings. The summed E-state index contributed by atoms with van der Waals surface area (Å²) in [6.45, 7) is 8.62. The van der Waals surface area contributed by atoms with Crippen LogP contribution in [0.15, 0.2) is 12.2 Å². The van der Waals surface area contributed by atoms with E-state index < -0.39 is 78.7 Å². The first kappa shape index (κ1) is 34.0. The van der Waals surface area contributed by atoms with Crippen LogP contribution in [0.3, 0.4) is 0 Å². The van der Waals surface area contributed by atoms with Crippen molar-refractivity contribution in [2.45, 2.75) is 134 Å². The third-order valence-corrected chi connectivity index (χ3v) is 7.63. The van der Waals surface area contributed by atoms with Crippen molar-refractivity contribution in [3.05, 3.63) is 12.2 Å². The Morgan fingerprint density at radius 2 is 1.90 bits per heavy atom. The van der Waals surface area contributed by atoms with Crippen LogP contribution in [0.1, 0.15) is 66.7 Å². The predicted octanol–water partition coefficient (Wildman–Crippen LogP) is -0.729. The van der Waals surface area contributed by atoms with Crippen molar-refractivity contribution in [3.63, 3.8) is 0 Å². The number of nitrogens with two attached hydrogens (primary N) is 1. The Bertz CT molecular complexity index is 782. The summed E-state index contributed by atoms with van der Waals surface area (Å²) < 4.78 is 17.8. The molecule has 2 aliphatic rings. The second kappa shape index (κ2) is 15.2. The number of allylic oxidation sites excluding steroid dienone is 1. The number of aliphatic hydroxyl groups is 6. The molecule has 2 aliphatic heterocycles. The zero-order valence-electron chi connectivity index (χ0n) is 23.7. The first-order valence-electron chi connectivity index (χ1n) is 14.0. The molecule has 1 amide bonds. The molecule has 2 saturated heterocycles. The van der Waals surface area contributed by atoms with Crippen LogP contribution < -0.4 is 11.1 Å². The lowest BCUT2D eigenvalue weighted by Crippen LogP contribution is -2.62. The normalized spacial score (nSPS) is 38.1. The minimum Gasteiger partial charge on any atom is -0.394 e. The van der Waals surface area contributed by atoms with E-state index in [-0.39, 0.29) is 31.8 Å². The van der Waals surface area contributed by atoms with E-state index in [0.29, 0.717) is 12.8 Å². The number of carbonyl (C=O) groups excluding carboxylic acids is 1. The number of carbonyl (C=O) groups is 1. The predicted molar refractivity (Wildman–Crippen MR) is 142 cm³/mol. The van der Waals surface area contributed by atoms with E-state index in [9.17, 15) is 35.4 Å². The number of hydrogen-bond acceptors (Lipinski definition) is 11. The quantitative estimate of drug-likeness (QED) is 0.131. The van der Waals surface area contributed by atoms with Crippen LogP contribution in [0.2, 0.25) is 0 Å². The molecule has 228 valence electrons. The number of amides is 1. The Labute approximate surface area is 231 Å². The molecule has 5 unspecified atom stereocenters. The van der Waals surface area contributed by atoms with Gasteiger partial charge in [-0.05, 0) is 25.7 Å². The number of aliphatic hydroxyl groups excluding tert-OH is 5. The molecule has 12 nitrogen and oxygen atoms in total. The second-order valence-electron chi connectivity index (χ2n) is 11.2. The number of ether oxygens (including phenoxy) is 3. The molecule has 39 heavy (non-hydrogen) atoms. The largest absolute Gasteiger partial charge is 0.394 e. The van der Waals surface area contributed by atoms with Gasteiger partial charge in [0.2, 0.25) is 5.91 Å². The number of nitrogens with one attached hydrogen (secondary N) is 1. The summed E-state index contributed by atoms with van der Waals surface area (Å²) >= 11 is 0. The van der Waals surface area contributed by atoms with Crippen LogP contribution in [0.25, 0.3) is 0 Å². The van der Waals surface area contributed by atoms with Crippen LogP contribution >= 0.6 is 0 Å². The fourth-order valence-corrected chi connectivity index (χ4v) is 4.96. The van der Waals surface area contributed by atoms with Crippen molar-refractivity contribution in [2.75, 3.05) is 6.61 Å². The molecule has 12 heteroatoms. The van der Waals surface area contributed by atoms with Crippen LogP contribution in [0.5, 0.6) is 0 Å². The molecule has 0 saturated carbocycles. The Morgan fingerprint density at radius 1 is 1.23 bits per heavy atom. The molecule has 0 aliphatic carbocycles. The van der Waals surface area contributed by atoms with E-state index in [1.807, 2.05) is 13.0 Å². The van der Waals surface area contributed by atoms with Gasteiger partial charge in [0.15, 0.2) is 12.1 Å². The van der Waals surface area contributed by atoms with Crippen molar-refractivity contribution in [1.82, 2.24) is 5.32 Å². The molecule has 2 fully saturated rings. The molecule has 2 heterocycles. The van der Waals surface area contributed by atoms with Gasteiger partial charge in [0.1, 0.15) is 6.10 Å². The topological polar surface area (TPSA) is 204 Å².